The topological polar surface area (TPSA) is 74.5 Å². The second kappa shape index (κ2) is 10.4. The molecule has 1 aromatic heterocycles. The van der Waals surface area contributed by atoms with E-state index >= 15 is 0 Å². The highest BCUT2D eigenvalue weighted by Gasteiger charge is 2.31. The van der Waals surface area contributed by atoms with Gasteiger partial charge in [-0.1, -0.05) is 29.4 Å². The number of hydrogen-bond acceptors (Lipinski definition) is 5. The Labute approximate surface area is 199 Å². The highest BCUT2D eigenvalue weighted by Crippen LogP contribution is 2.32. The molecule has 0 radical (unpaired) electrons. The summed E-state index contributed by atoms with van der Waals surface area (Å²) in [7, 11) is 0. The third-order valence-corrected chi connectivity index (χ3v) is 6.00. The minimum Gasteiger partial charge on any atom is -0.338 e. The van der Waals surface area contributed by atoms with Crippen molar-refractivity contribution in [3.63, 3.8) is 0 Å². The van der Waals surface area contributed by atoms with Gasteiger partial charge in [-0.3, -0.25) is 4.90 Å². The Morgan fingerprint density at radius 1 is 1.11 bits per heavy atom. The van der Waals surface area contributed by atoms with Crippen molar-refractivity contribution in [1.82, 2.24) is 25.3 Å². The average Bonchev–Trinajstić information content (AvgIpc) is 3.35. The minimum absolute atomic E-state index is 0.0946. The van der Waals surface area contributed by atoms with E-state index in [9.17, 15) is 22.4 Å². The van der Waals surface area contributed by atoms with E-state index in [1.807, 2.05) is 6.92 Å². The van der Waals surface area contributed by atoms with Crippen LogP contribution < -0.4 is 5.32 Å². The van der Waals surface area contributed by atoms with E-state index in [2.05, 4.69) is 20.4 Å². The van der Waals surface area contributed by atoms with Crippen LogP contribution in [0.15, 0.2) is 53.1 Å². The fourth-order valence-corrected chi connectivity index (χ4v) is 3.90. The summed E-state index contributed by atoms with van der Waals surface area (Å²) in [6.45, 7) is 4.48. The number of alkyl halides is 3. The summed E-state index contributed by atoms with van der Waals surface area (Å²) in [6, 6.07) is 10.5. The van der Waals surface area contributed by atoms with Gasteiger partial charge in [0.2, 0.25) is 11.7 Å². The van der Waals surface area contributed by atoms with Crippen molar-refractivity contribution >= 4 is 6.03 Å². The van der Waals surface area contributed by atoms with Crippen molar-refractivity contribution in [3.8, 4) is 11.4 Å². The zero-order valence-electron chi connectivity index (χ0n) is 19.1. The SMILES string of the molecule is CC(c1nc(-c2cccc(C(F)(F)F)c2)no1)N1CCN(C(=O)NCCc2ccc(F)cc2)CC1. The fourth-order valence-electron chi connectivity index (χ4n) is 3.90. The van der Waals surface area contributed by atoms with Crippen molar-refractivity contribution in [2.75, 3.05) is 32.7 Å². The van der Waals surface area contributed by atoms with E-state index in [1.165, 1.54) is 24.3 Å². The lowest BCUT2D eigenvalue weighted by Crippen LogP contribution is -2.52. The lowest BCUT2D eigenvalue weighted by Gasteiger charge is -2.36. The molecule has 11 heteroatoms. The summed E-state index contributed by atoms with van der Waals surface area (Å²) >= 11 is 0. The van der Waals surface area contributed by atoms with E-state index < -0.39 is 11.7 Å². The minimum atomic E-state index is -4.46. The zero-order chi connectivity index (χ0) is 25.0. The van der Waals surface area contributed by atoms with Crippen LogP contribution in [0, 0.1) is 5.82 Å². The smallest absolute Gasteiger partial charge is 0.338 e. The number of amides is 2. The van der Waals surface area contributed by atoms with Gasteiger partial charge in [-0.2, -0.15) is 18.2 Å². The molecule has 0 bridgehead atoms. The summed E-state index contributed by atoms with van der Waals surface area (Å²) in [6.07, 6.45) is -3.85. The number of hydrogen-bond donors (Lipinski definition) is 1. The van der Waals surface area contributed by atoms with Gasteiger partial charge in [0.1, 0.15) is 5.82 Å². The van der Waals surface area contributed by atoms with Gasteiger partial charge in [0.25, 0.3) is 0 Å². The van der Waals surface area contributed by atoms with Crippen molar-refractivity contribution < 1.29 is 26.9 Å². The highest BCUT2D eigenvalue weighted by atomic mass is 19.4. The molecule has 1 N–H and O–H groups in total. The molecule has 1 aliphatic heterocycles. The molecule has 1 aliphatic rings. The summed E-state index contributed by atoms with van der Waals surface area (Å²) in [4.78, 5) is 20.6. The van der Waals surface area contributed by atoms with Crippen LogP contribution >= 0.6 is 0 Å². The Balaban J connectivity index is 1.28. The molecule has 1 unspecified atom stereocenters. The van der Waals surface area contributed by atoms with Crippen molar-refractivity contribution in [2.24, 2.45) is 0 Å². The Bertz CT molecular complexity index is 1140. The quantitative estimate of drug-likeness (QED) is 0.513. The number of piperazine rings is 1. The summed E-state index contributed by atoms with van der Waals surface area (Å²) in [5.74, 6) is 0.101. The third-order valence-electron chi connectivity index (χ3n) is 6.00. The lowest BCUT2D eigenvalue weighted by molar-refractivity contribution is -0.137. The summed E-state index contributed by atoms with van der Waals surface area (Å²) < 4.78 is 57.3. The molecule has 0 aliphatic carbocycles. The van der Waals surface area contributed by atoms with Crippen LogP contribution in [-0.2, 0) is 12.6 Å². The predicted octanol–water partition coefficient (Wildman–Crippen LogP) is 4.53. The Morgan fingerprint density at radius 3 is 2.51 bits per heavy atom. The van der Waals surface area contributed by atoms with Gasteiger partial charge in [-0.25, -0.2) is 9.18 Å². The van der Waals surface area contributed by atoms with E-state index in [0.717, 1.165) is 17.7 Å². The number of nitrogens with zero attached hydrogens (tertiary/aromatic N) is 4. The molecule has 1 atom stereocenters. The van der Waals surface area contributed by atoms with Crippen molar-refractivity contribution in [1.29, 1.82) is 0 Å². The second-order valence-corrected chi connectivity index (χ2v) is 8.34. The molecular formula is C24H25F4N5O2. The first-order chi connectivity index (χ1) is 16.7. The van der Waals surface area contributed by atoms with E-state index in [0.29, 0.717) is 45.0 Å². The lowest BCUT2D eigenvalue weighted by atomic mass is 10.1. The van der Waals surface area contributed by atoms with Crippen LogP contribution in [0.1, 0.15) is 30.0 Å². The van der Waals surface area contributed by atoms with Gasteiger partial charge >= 0.3 is 12.2 Å². The second-order valence-electron chi connectivity index (χ2n) is 8.34. The number of benzene rings is 2. The maximum Gasteiger partial charge on any atom is 0.416 e. The summed E-state index contributed by atoms with van der Waals surface area (Å²) in [5, 5.41) is 6.74. The van der Waals surface area contributed by atoms with Crippen LogP contribution in [-0.4, -0.2) is 58.7 Å². The fraction of sp³-hybridized carbons (Fsp3) is 0.375. The molecule has 1 saturated heterocycles. The molecule has 7 nitrogen and oxygen atoms in total. The third kappa shape index (κ3) is 6.16. The van der Waals surface area contributed by atoms with Gasteiger partial charge < -0.3 is 14.7 Å². The molecule has 4 rings (SSSR count). The summed E-state index contributed by atoms with van der Waals surface area (Å²) in [5.41, 5.74) is 0.389. The molecule has 2 amide bonds. The first kappa shape index (κ1) is 24.6. The zero-order valence-corrected chi connectivity index (χ0v) is 19.1. The first-order valence-electron chi connectivity index (χ1n) is 11.2. The van der Waals surface area contributed by atoms with E-state index in [1.54, 1.807) is 17.0 Å². The van der Waals surface area contributed by atoms with Crippen LogP contribution in [0.2, 0.25) is 0 Å². The van der Waals surface area contributed by atoms with Gasteiger partial charge in [-0.05, 0) is 43.2 Å². The monoisotopic (exact) mass is 491 g/mol. The molecule has 0 saturated carbocycles. The number of aromatic nitrogens is 2. The highest BCUT2D eigenvalue weighted by molar-refractivity contribution is 5.74. The van der Waals surface area contributed by atoms with Gasteiger partial charge in [0.15, 0.2) is 0 Å². The average molecular weight is 491 g/mol. The Kier molecular flexibility index (Phi) is 7.34. The van der Waals surface area contributed by atoms with Crippen molar-refractivity contribution in [3.05, 3.63) is 71.4 Å². The van der Waals surface area contributed by atoms with E-state index in [4.69, 9.17) is 4.52 Å². The number of rotatable bonds is 6. The van der Waals surface area contributed by atoms with Gasteiger partial charge in [-0.15, -0.1) is 0 Å². The number of urea groups is 1. The molecule has 2 aromatic carbocycles. The largest absolute Gasteiger partial charge is 0.416 e. The number of carbonyl (C=O) groups excluding carboxylic acids is 1. The maximum atomic E-state index is 13.0. The Hall–Kier alpha value is -3.47. The molecular weight excluding hydrogens is 466 g/mol. The predicted molar refractivity (Wildman–Crippen MR) is 120 cm³/mol. The van der Waals surface area contributed by atoms with Crippen LogP contribution in [0.3, 0.4) is 0 Å². The normalized spacial score (nSPS) is 15.7. The molecule has 1 fully saturated rings. The number of carbonyl (C=O) groups is 1. The van der Waals surface area contributed by atoms with E-state index in [-0.39, 0.29) is 29.3 Å². The molecule has 35 heavy (non-hydrogen) atoms. The molecule has 2 heterocycles. The van der Waals surface area contributed by atoms with Crippen molar-refractivity contribution in [2.45, 2.75) is 25.6 Å². The van der Waals surface area contributed by atoms with Gasteiger partial charge in [0, 0.05) is 38.3 Å². The van der Waals surface area contributed by atoms with Gasteiger partial charge in [0.05, 0.1) is 11.6 Å². The molecule has 186 valence electrons. The van der Waals surface area contributed by atoms with Crippen LogP contribution in [0.4, 0.5) is 22.4 Å². The molecule has 3 aromatic rings. The molecule has 0 spiro atoms. The number of nitrogens with one attached hydrogen (secondary N) is 1. The number of halogens is 4. The first-order valence-corrected chi connectivity index (χ1v) is 11.2. The Morgan fingerprint density at radius 2 is 1.83 bits per heavy atom. The van der Waals surface area contributed by atoms with Crippen LogP contribution in [0.5, 0.6) is 0 Å². The standard InChI is InChI=1S/C24H25F4N5O2/c1-16(22-30-21(31-35-22)18-3-2-4-19(15-18)24(26,27)28)32-11-13-33(14-12-32)23(34)29-10-9-17-5-7-20(25)8-6-17/h2-8,15-16H,9-14H2,1H3,(H,29,34). The maximum absolute atomic E-state index is 13.0. The van der Waals surface area contributed by atoms with Crippen LogP contribution in [0.25, 0.3) is 11.4 Å².